The lowest BCUT2D eigenvalue weighted by molar-refractivity contribution is -0.156. The molecule has 0 bridgehead atoms. The first-order valence-electron chi connectivity index (χ1n) is 7.45. The molecule has 126 valence electrons. The Morgan fingerprint density at radius 3 is 2.27 bits per heavy atom. The second-order valence-corrected chi connectivity index (χ2v) is 5.45. The van der Waals surface area contributed by atoms with Crippen LogP contribution in [0.1, 0.15) is 32.6 Å². The molecule has 0 N–H and O–H groups in total. The van der Waals surface area contributed by atoms with Crippen LogP contribution in [-0.2, 0) is 4.74 Å². The normalized spacial score (nSPS) is 14.6. The minimum atomic E-state index is -4.42. The summed E-state index contributed by atoms with van der Waals surface area (Å²) in [4.78, 5) is 0. The van der Waals surface area contributed by atoms with E-state index >= 15 is 0 Å². The van der Waals surface area contributed by atoms with Gasteiger partial charge in [-0.2, -0.15) is 13.2 Å². The summed E-state index contributed by atoms with van der Waals surface area (Å²) in [5, 5.41) is -1.95. The van der Waals surface area contributed by atoms with Crippen molar-refractivity contribution >= 4 is 11.6 Å². The van der Waals surface area contributed by atoms with Crippen molar-refractivity contribution in [2.45, 2.75) is 50.3 Å². The summed E-state index contributed by atoms with van der Waals surface area (Å²) >= 11 is 5.38. The molecule has 0 aliphatic carbocycles. The maximum absolute atomic E-state index is 12.5. The lowest BCUT2D eigenvalue weighted by Gasteiger charge is -2.23. The van der Waals surface area contributed by atoms with Gasteiger partial charge in [0, 0.05) is 6.61 Å². The van der Waals surface area contributed by atoms with Crippen molar-refractivity contribution < 1.29 is 22.6 Å². The third-order valence-corrected chi connectivity index (χ3v) is 3.70. The average Bonchev–Trinajstić information content (AvgIpc) is 2.49. The molecule has 0 fully saturated rings. The van der Waals surface area contributed by atoms with Crippen molar-refractivity contribution in [1.82, 2.24) is 0 Å². The van der Waals surface area contributed by atoms with Crippen molar-refractivity contribution in [1.29, 1.82) is 0 Å². The van der Waals surface area contributed by atoms with Gasteiger partial charge in [0.2, 0.25) is 0 Å². The van der Waals surface area contributed by atoms with Gasteiger partial charge < -0.3 is 9.47 Å². The van der Waals surface area contributed by atoms with E-state index in [2.05, 4.69) is 0 Å². The Hall–Kier alpha value is -0.940. The summed E-state index contributed by atoms with van der Waals surface area (Å²) in [6, 6.07) is 9.48. The molecule has 0 saturated carbocycles. The monoisotopic (exact) mass is 338 g/mol. The maximum atomic E-state index is 12.5. The molecule has 22 heavy (non-hydrogen) atoms. The number of halogens is 4. The van der Waals surface area contributed by atoms with Crippen LogP contribution in [0.15, 0.2) is 30.3 Å². The molecule has 2 atom stereocenters. The fourth-order valence-electron chi connectivity index (χ4n) is 1.94. The van der Waals surface area contributed by atoms with Crippen LogP contribution in [0.3, 0.4) is 0 Å². The molecule has 0 spiro atoms. The fraction of sp³-hybridized carbons (Fsp3) is 0.625. The molecule has 6 heteroatoms. The number of unbranched alkanes of at least 4 members (excludes halogenated alkanes) is 2. The van der Waals surface area contributed by atoms with Crippen LogP contribution in [-0.4, -0.2) is 30.9 Å². The van der Waals surface area contributed by atoms with Crippen molar-refractivity contribution in [2.24, 2.45) is 0 Å². The van der Waals surface area contributed by atoms with Crippen LogP contribution in [0.5, 0.6) is 5.75 Å². The second-order valence-electron chi connectivity index (χ2n) is 4.98. The smallest absolute Gasteiger partial charge is 0.407 e. The Kier molecular flexibility index (Phi) is 8.64. The first kappa shape index (κ1) is 19.1. The molecule has 0 aromatic heterocycles. The summed E-state index contributed by atoms with van der Waals surface area (Å²) in [5.74, 6) is 0.819. The molecule has 1 rings (SSSR count). The van der Waals surface area contributed by atoms with Crippen LogP contribution in [0.25, 0.3) is 0 Å². The Bertz CT molecular complexity index is 398. The van der Waals surface area contributed by atoms with Gasteiger partial charge in [-0.05, 0) is 37.8 Å². The predicted octanol–water partition coefficient (Wildman–Crippen LogP) is 5.20. The van der Waals surface area contributed by atoms with Gasteiger partial charge in [0.25, 0.3) is 0 Å². The first-order chi connectivity index (χ1) is 10.4. The molecule has 0 radical (unpaired) electrons. The Labute approximate surface area is 134 Å². The highest BCUT2D eigenvalue weighted by atomic mass is 35.5. The minimum Gasteiger partial charge on any atom is -0.494 e. The molecule has 0 amide bonds. The molecule has 2 nitrogen and oxygen atoms in total. The summed E-state index contributed by atoms with van der Waals surface area (Å²) in [5.41, 5.74) is 0. The van der Waals surface area contributed by atoms with E-state index in [4.69, 9.17) is 21.1 Å². The topological polar surface area (TPSA) is 18.5 Å². The van der Waals surface area contributed by atoms with E-state index in [9.17, 15) is 13.2 Å². The summed E-state index contributed by atoms with van der Waals surface area (Å²) < 4.78 is 48.3. The molecular formula is C16H22ClF3O2. The number of ether oxygens (including phenoxy) is 2. The molecule has 1 aromatic carbocycles. The SMILES string of the molecule is CCC(OCCCCCOc1ccccc1)C(Cl)C(F)(F)F. The van der Waals surface area contributed by atoms with E-state index in [-0.39, 0.29) is 13.0 Å². The van der Waals surface area contributed by atoms with E-state index in [0.717, 1.165) is 18.6 Å². The van der Waals surface area contributed by atoms with Crippen LogP contribution in [0.2, 0.25) is 0 Å². The standard InChI is InChI=1S/C16H22ClF3O2/c1-2-14(15(17)16(18,19)20)22-12-8-4-7-11-21-13-9-5-3-6-10-13/h3,5-6,9-10,14-15H,2,4,7-8,11-12H2,1H3. The quantitative estimate of drug-likeness (QED) is 0.431. The Morgan fingerprint density at radius 1 is 1.05 bits per heavy atom. The summed E-state index contributed by atoms with van der Waals surface area (Å²) in [6.45, 7) is 2.50. The molecule has 0 saturated heterocycles. The minimum absolute atomic E-state index is 0.241. The third-order valence-electron chi connectivity index (χ3n) is 3.17. The van der Waals surface area contributed by atoms with E-state index in [1.807, 2.05) is 30.3 Å². The third kappa shape index (κ3) is 7.36. The molecule has 0 heterocycles. The number of alkyl halides is 4. The van der Waals surface area contributed by atoms with Gasteiger partial charge in [-0.3, -0.25) is 0 Å². The molecular weight excluding hydrogens is 317 g/mol. The van der Waals surface area contributed by atoms with Gasteiger partial charge in [-0.1, -0.05) is 25.1 Å². The zero-order valence-corrected chi connectivity index (χ0v) is 13.4. The van der Waals surface area contributed by atoms with Gasteiger partial charge >= 0.3 is 6.18 Å². The Morgan fingerprint density at radius 2 is 1.68 bits per heavy atom. The molecule has 0 aliphatic rings. The number of para-hydroxylation sites is 1. The van der Waals surface area contributed by atoms with Crippen LogP contribution in [0, 0.1) is 0 Å². The van der Waals surface area contributed by atoms with Gasteiger partial charge in [-0.25, -0.2) is 0 Å². The second kappa shape index (κ2) is 9.95. The predicted molar refractivity (Wildman–Crippen MR) is 81.5 cm³/mol. The molecule has 0 aliphatic heterocycles. The molecule has 2 unspecified atom stereocenters. The first-order valence-corrected chi connectivity index (χ1v) is 7.89. The number of rotatable bonds is 10. The van der Waals surface area contributed by atoms with Crippen molar-refractivity contribution in [3.63, 3.8) is 0 Å². The van der Waals surface area contributed by atoms with Crippen molar-refractivity contribution in [2.75, 3.05) is 13.2 Å². The average molecular weight is 339 g/mol. The molecule has 1 aromatic rings. The number of benzene rings is 1. The van der Waals surface area contributed by atoms with Crippen molar-refractivity contribution in [3.8, 4) is 5.75 Å². The van der Waals surface area contributed by atoms with Gasteiger partial charge in [0.15, 0.2) is 5.38 Å². The zero-order valence-electron chi connectivity index (χ0n) is 12.6. The lowest BCUT2D eigenvalue weighted by atomic mass is 10.2. The Balaban J connectivity index is 2.09. The van der Waals surface area contributed by atoms with E-state index in [1.54, 1.807) is 6.92 Å². The van der Waals surface area contributed by atoms with E-state index in [0.29, 0.717) is 13.0 Å². The van der Waals surface area contributed by atoms with Gasteiger partial charge in [-0.15, -0.1) is 11.6 Å². The largest absolute Gasteiger partial charge is 0.494 e. The van der Waals surface area contributed by atoms with Crippen LogP contribution >= 0.6 is 11.6 Å². The van der Waals surface area contributed by atoms with Gasteiger partial charge in [0.05, 0.1) is 12.7 Å². The summed E-state index contributed by atoms with van der Waals surface area (Å²) in [7, 11) is 0. The number of hydrogen-bond acceptors (Lipinski definition) is 2. The van der Waals surface area contributed by atoms with E-state index in [1.165, 1.54) is 0 Å². The highest BCUT2D eigenvalue weighted by Crippen LogP contribution is 2.30. The number of hydrogen-bond donors (Lipinski definition) is 0. The zero-order chi connectivity index (χ0) is 16.4. The van der Waals surface area contributed by atoms with Gasteiger partial charge in [0.1, 0.15) is 5.75 Å². The highest BCUT2D eigenvalue weighted by Gasteiger charge is 2.43. The lowest BCUT2D eigenvalue weighted by Crippen LogP contribution is -2.36. The maximum Gasteiger partial charge on any atom is 0.407 e. The fourth-order valence-corrected chi connectivity index (χ4v) is 2.19. The van der Waals surface area contributed by atoms with Crippen LogP contribution in [0.4, 0.5) is 13.2 Å². The van der Waals surface area contributed by atoms with E-state index < -0.39 is 17.7 Å². The summed E-state index contributed by atoms with van der Waals surface area (Å²) in [6.07, 6.45) is -2.81. The van der Waals surface area contributed by atoms with Crippen molar-refractivity contribution in [3.05, 3.63) is 30.3 Å². The van der Waals surface area contributed by atoms with Crippen LogP contribution < -0.4 is 4.74 Å². The highest BCUT2D eigenvalue weighted by molar-refractivity contribution is 6.21.